The topological polar surface area (TPSA) is 149 Å². The number of hydrogen-bond acceptors (Lipinski definition) is 5. The Morgan fingerprint density at radius 1 is 0.976 bits per heavy atom. The van der Waals surface area contributed by atoms with Crippen molar-refractivity contribution in [2.75, 3.05) is 6.54 Å². The molecule has 1 heterocycles. The number of nitrogens with zero attached hydrogens (tertiary/aromatic N) is 2. The van der Waals surface area contributed by atoms with Crippen molar-refractivity contribution in [2.24, 2.45) is 17.4 Å². The zero-order chi connectivity index (χ0) is 30.8. The highest BCUT2D eigenvalue weighted by Crippen LogP contribution is 2.29. The molecule has 0 saturated carbocycles. The first-order chi connectivity index (χ1) is 20.1. The van der Waals surface area contributed by atoms with Crippen molar-refractivity contribution in [3.05, 3.63) is 70.9 Å². The first kappa shape index (κ1) is 32.8. The molecule has 42 heavy (non-hydrogen) atoms. The van der Waals surface area contributed by atoms with Crippen LogP contribution >= 0.6 is 11.6 Å². The number of halogens is 1. The minimum absolute atomic E-state index is 0.0154. The summed E-state index contributed by atoms with van der Waals surface area (Å²) in [5.41, 5.74) is 13.4. The van der Waals surface area contributed by atoms with Crippen molar-refractivity contribution in [3.8, 4) is 0 Å². The minimum Gasteiger partial charge on any atom is -0.480 e. The van der Waals surface area contributed by atoms with Gasteiger partial charge in [0.2, 0.25) is 11.8 Å². The third-order valence-corrected chi connectivity index (χ3v) is 7.94. The Balaban J connectivity index is 2.07. The third kappa shape index (κ3) is 8.20. The number of para-hydroxylation sites is 1. The van der Waals surface area contributed by atoms with Crippen molar-refractivity contribution in [3.63, 3.8) is 0 Å². The third-order valence-electron chi connectivity index (χ3n) is 7.57. The Hall–Kier alpha value is -3.69. The molecule has 0 aliphatic heterocycles. The maximum Gasteiger partial charge on any atom is 0.320 e. The van der Waals surface area contributed by atoms with Crippen LogP contribution < -0.4 is 11.5 Å². The number of ketones is 1. The molecule has 3 atom stereocenters. The number of carboxylic acid groups (broad SMARTS) is 1. The van der Waals surface area contributed by atoms with E-state index >= 15 is 0 Å². The summed E-state index contributed by atoms with van der Waals surface area (Å²) in [6.45, 7) is 4.69. The summed E-state index contributed by atoms with van der Waals surface area (Å²) in [6, 6.07) is 13.2. The second-order valence-electron chi connectivity index (χ2n) is 10.7. The van der Waals surface area contributed by atoms with E-state index in [-0.39, 0.29) is 19.3 Å². The van der Waals surface area contributed by atoms with Gasteiger partial charge in [0, 0.05) is 53.2 Å². The lowest BCUT2D eigenvalue weighted by Gasteiger charge is -2.34. The van der Waals surface area contributed by atoms with Crippen LogP contribution in [-0.2, 0) is 20.9 Å². The van der Waals surface area contributed by atoms with Crippen LogP contribution in [0.25, 0.3) is 10.9 Å². The van der Waals surface area contributed by atoms with E-state index in [4.69, 9.17) is 23.1 Å². The van der Waals surface area contributed by atoms with Crippen molar-refractivity contribution < 1.29 is 24.3 Å². The van der Waals surface area contributed by atoms with Gasteiger partial charge < -0.3 is 26.0 Å². The van der Waals surface area contributed by atoms with Crippen molar-refractivity contribution in [2.45, 2.75) is 77.4 Å². The van der Waals surface area contributed by atoms with Crippen LogP contribution in [0.3, 0.4) is 0 Å². The Labute approximate surface area is 251 Å². The molecule has 9 nitrogen and oxygen atoms in total. The van der Waals surface area contributed by atoms with Crippen LogP contribution in [0.2, 0.25) is 5.02 Å². The number of fused-ring (bicyclic) bond motifs is 1. The van der Waals surface area contributed by atoms with Gasteiger partial charge in [-0.1, -0.05) is 74.7 Å². The lowest BCUT2D eigenvalue weighted by Crippen LogP contribution is -2.47. The zero-order valence-electron chi connectivity index (χ0n) is 24.3. The first-order valence-corrected chi connectivity index (χ1v) is 14.9. The van der Waals surface area contributed by atoms with E-state index in [1.165, 1.54) is 0 Å². The van der Waals surface area contributed by atoms with Gasteiger partial charge in [0.1, 0.15) is 12.0 Å². The summed E-state index contributed by atoms with van der Waals surface area (Å²) in [6.07, 6.45) is 4.43. The molecule has 0 saturated heterocycles. The lowest BCUT2D eigenvalue weighted by molar-refractivity contribution is -0.140. The van der Waals surface area contributed by atoms with Gasteiger partial charge in [-0.3, -0.25) is 19.2 Å². The fraction of sp³-hybridized carbons (Fsp3) is 0.438. The number of benzene rings is 2. The summed E-state index contributed by atoms with van der Waals surface area (Å²) < 4.78 is 1.93. The summed E-state index contributed by atoms with van der Waals surface area (Å²) in [5.74, 6) is -3.77. The van der Waals surface area contributed by atoms with Gasteiger partial charge in [0.25, 0.3) is 0 Å². The van der Waals surface area contributed by atoms with Crippen LogP contribution in [0.1, 0.15) is 74.7 Å². The SMILES string of the molecule is CCCC[C@@H](CC(N)=O)N(CCC)C(=O)[C@H](CCC(N)C(=O)O)C(=O)c1cn(Cc2ccccc2Cl)c2ccccc12. The molecule has 5 N–H and O–H groups in total. The Morgan fingerprint density at radius 3 is 2.31 bits per heavy atom. The average molecular weight is 597 g/mol. The predicted molar refractivity (Wildman–Crippen MR) is 164 cm³/mol. The number of unbranched alkanes of at least 4 members (excludes halogenated alkanes) is 1. The molecule has 0 aliphatic carbocycles. The minimum atomic E-state index is -1.23. The smallest absolute Gasteiger partial charge is 0.320 e. The lowest BCUT2D eigenvalue weighted by atomic mass is 9.89. The van der Waals surface area contributed by atoms with Gasteiger partial charge in [0.05, 0.1) is 0 Å². The molecule has 3 rings (SSSR count). The largest absolute Gasteiger partial charge is 0.480 e. The number of aromatic nitrogens is 1. The van der Waals surface area contributed by atoms with E-state index in [1.54, 1.807) is 17.2 Å². The number of carboxylic acids is 1. The van der Waals surface area contributed by atoms with E-state index in [0.29, 0.717) is 41.9 Å². The molecule has 0 fully saturated rings. The van der Waals surface area contributed by atoms with Crippen LogP contribution in [0.15, 0.2) is 54.7 Å². The van der Waals surface area contributed by atoms with Gasteiger partial charge in [0.15, 0.2) is 5.78 Å². The molecular formula is C32H41ClN4O5. The van der Waals surface area contributed by atoms with Gasteiger partial charge in [-0.25, -0.2) is 0 Å². The number of primary amides is 1. The van der Waals surface area contributed by atoms with Crippen LogP contribution in [0.4, 0.5) is 0 Å². The van der Waals surface area contributed by atoms with E-state index in [2.05, 4.69) is 0 Å². The molecule has 3 aromatic rings. The first-order valence-electron chi connectivity index (χ1n) is 14.5. The fourth-order valence-corrected chi connectivity index (χ4v) is 5.56. The van der Waals surface area contributed by atoms with Gasteiger partial charge in [-0.15, -0.1) is 0 Å². The average Bonchev–Trinajstić information content (AvgIpc) is 3.33. The van der Waals surface area contributed by atoms with E-state index in [9.17, 15) is 24.3 Å². The molecule has 2 aromatic carbocycles. The van der Waals surface area contributed by atoms with E-state index in [0.717, 1.165) is 23.9 Å². The highest BCUT2D eigenvalue weighted by Gasteiger charge is 2.36. The zero-order valence-corrected chi connectivity index (χ0v) is 25.1. The molecule has 0 spiro atoms. The van der Waals surface area contributed by atoms with Crippen LogP contribution in [-0.4, -0.2) is 56.8 Å². The van der Waals surface area contributed by atoms with Crippen molar-refractivity contribution in [1.82, 2.24) is 9.47 Å². The number of aliphatic carboxylic acids is 1. The van der Waals surface area contributed by atoms with Crippen molar-refractivity contribution in [1.29, 1.82) is 0 Å². The van der Waals surface area contributed by atoms with Gasteiger partial charge in [-0.05, 0) is 43.4 Å². The molecule has 10 heteroatoms. The molecular weight excluding hydrogens is 556 g/mol. The molecule has 0 aliphatic rings. The van der Waals surface area contributed by atoms with Crippen LogP contribution in [0, 0.1) is 5.92 Å². The Bertz CT molecular complexity index is 1400. The summed E-state index contributed by atoms with van der Waals surface area (Å²) in [7, 11) is 0. The fourth-order valence-electron chi connectivity index (χ4n) is 5.36. The molecule has 1 aromatic heterocycles. The number of carbonyl (C=O) groups is 4. The highest BCUT2D eigenvalue weighted by molar-refractivity contribution is 6.31. The maximum absolute atomic E-state index is 14.3. The van der Waals surface area contributed by atoms with Crippen LogP contribution in [0.5, 0.6) is 0 Å². The van der Waals surface area contributed by atoms with Crippen molar-refractivity contribution >= 4 is 46.1 Å². The quantitative estimate of drug-likeness (QED) is 0.147. The maximum atomic E-state index is 14.3. The number of amides is 2. The number of Topliss-reactive ketones (excluding diaryl/α,β-unsaturated/α-hetero) is 1. The number of carbonyl (C=O) groups excluding carboxylic acids is 3. The molecule has 2 amide bonds. The molecule has 0 bridgehead atoms. The second kappa shape index (κ2) is 15.5. The molecule has 1 unspecified atom stereocenters. The number of rotatable bonds is 17. The van der Waals surface area contributed by atoms with Gasteiger partial charge in [-0.2, -0.15) is 0 Å². The Kier molecular flexibility index (Phi) is 12.1. The number of nitrogens with two attached hydrogens (primary N) is 2. The highest BCUT2D eigenvalue weighted by atomic mass is 35.5. The summed E-state index contributed by atoms with van der Waals surface area (Å²) in [5, 5.41) is 10.7. The normalized spacial score (nSPS) is 13.4. The van der Waals surface area contributed by atoms with Gasteiger partial charge >= 0.3 is 5.97 Å². The van der Waals surface area contributed by atoms with E-state index < -0.39 is 41.6 Å². The summed E-state index contributed by atoms with van der Waals surface area (Å²) in [4.78, 5) is 53.6. The molecule has 226 valence electrons. The summed E-state index contributed by atoms with van der Waals surface area (Å²) >= 11 is 6.43. The monoisotopic (exact) mass is 596 g/mol. The second-order valence-corrected chi connectivity index (χ2v) is 11.1. The standard InChI is InChI=1S/C32H41ClN4O5/c1-3-5-11-22(18-29(35)38)37(17-4-2)31(40)24(15-16-27(34)32(41)42)30(39)25-20-36(28-14-9-7-12-23(25)28)19-21-10-6-8-13-26(21)33/h6-10,12-14,20,22,24,27H,3-5,11,15-19,34H2,1-2H3,(H2,35,38)(H,41,42)/t22-,24+,27?/m0/s1. The van der Waals surface area contributed by atoms with E-state index in [1.807, 2.05) is 60.9 Å². The predicted octanol–water partition coefficient (Wildman–Crippen LogP) is 5.01. The Morgan fingerprint density at radius 2 is 1.67 bits per heavy atom. The molecule has 0 radical (unpaired) electrons. The number of hydrogen-bond donors (Lipinski definition) is 3.